The van der Waals surface area contributed by atoms with Gasteiger partial charge in [-0.2, -0.15) is 0 Å². The molecule has 0 amide bonds. The summed E-state index contributed by atoms with van der Waals surface area (Å²) in [4.78, 5) is 30.1. The summed E-state index contributed by atoms with van der Waals surface area (Å²) in [6.45, 7) is 6.21. The fourth-order valence-electron chi connectivity index (χ4n) is 1.90. The van der Waals surface area contributed by atoms with Gasteiger partial charge in [0.25, 0.3) is 5.56 Å². The number of hydrogen-bond donors (Lipinski definition) is 0. The molecule has 0 aliphatic rings. The van der Waals surface area contributed by atoms with Crippen molar-refractivity contribution in [2.24, 2.45) is 0 Å². The second-order valence-electron chi connectivity index (χ2n) is 4.72. The van der Waals surface area contributed by atoms with Crippen LogP contribution in [0.4, 0.5) is 0 Å². The number of carbonyl (C=O) groups excluding carboxylic acids is 1. The summed E-state index contributed by atoms with van der Waals surface area (Å²) in [5.74, 6) is -0.397. The number of carbonyl (C=O) groups is 1. The standard InChI is InChI=1S/C14H18N2O3S/c1-4-5-6-19-11(17)7-16-8-15-13-12(14(16)18)9(2)10(3)20-13/h8H,4-7H2,1-3H3. The van der Waals surface area contributed by atoms with Gasteiger partial charge in [-0.25, -0.2) is 4.98 Å². The largest absolute Gasteiger partial charge is 0.464 e. The van der Waals surface area contributed by atoms with Crippen molar-refractivity contribution in [1.29, 1.82) is 0 Å². The zero-order chi connectivity index (χ0) is 14.7. The number of unbranched alkanes of at least 4 members (excludes halogenated alkanes) is 1. The quantitative estimate of drug-likeness (QED) is 0.627. The predicted octanol–water partition coefficient (Wildman–Crippen LogP) is 2.42. The molecule has 0 N–H and O–H groups in total. The Balaban J connectivity index is 2.23. The Morgan fingerprint density at radius 2 is 2.20 bits per heavy atom. The molecular formula is C14H18N2O3S. The third-order valence-corrected chi connectivity index (χ3v) is 4.33. The maximum Gasteiger partial charge on any atom is 0.326 e. The number of aromatic nitrogens is 2. The van der Waals surface area contributed by atoms with Gasteiger partial charge in [0.15, 0.2) is 0 Å². The van der Waals surface area contributed by atoms with E-state index in [9.17, 15) is 9.59 Å². The molecule has 2 aromatic rings. The topological polar surface area (TPSA) is 61.2 Å². The van der Waals surface area contributed by atoms with Gasteiger partial charge >= 0.3 is 5.97 Å². The summed E-state index contributed by atoms with van der Waals surface area (Å²) < 4.78 is 6.38. The van der Waals surface area contributed by atoms with Crippen LogP contribution in [-0.4, -0.2) is 22.1 Å². The molecule has 5 nitrogen and oxygen atoms in total. The molecule has 2 aromatic heterocycles. The van der Waals surface area contributed by atoms with Crippen molar-refractivity contribution in [3.05, 3.63) is 27.1 Å². The molecule has 20 heavy (non-hydrogen) atoms. The van der Waals surface area contributed by atoms with Gasteiger partial charge in [-0.1, -0.05) is 13.3 Å². The number of rotatable bonds is 5. The summed E-state index contributed by atoms with van der Waals surface area (Å²) in [7, 11) is 0. The van der Waals surface area contributed by atoms with Crippen LogP contribution in [0.25, 0.3) is 10.2 Å². The Bertz CT molecular complexity index is 688. The molecule has 0 fully saturated rings. The van der Waals surface area contributed by atoms with E-state index in [1.807, 2.05) is 20.8 Å². The number of hydrogen-bond acceptors (Lipinski definition) is 5. The summed E-state index contributed by atoms with van der Waals surface area (Å²) >= 11 is 1.50. The Morgan fingerprint density at radius 1 is 1.45 bits per heavy atom. The van der Waals surface area contributed by atoms with Gasteiger partial charge in [0, 0.05) is 4.88 Å². The lowest BCUT2D eigenvalue weighted by Gasteiger charge is -2.06. The molecule has 0 saturated carbocycles. The van der Waals surface area contributed by atoms with Crippen LogP contribution in [0.5, 0.6) is 0 Å². The van der Waals surface area contributed by atoms with Gasteiger partial charge < -0.3 is 4.74 Å². The molecule has 0 aromatic carbocycles. The van der Waals surface area contributed by atoms with Crippen LogP contribution < -0.4 is 5.56 Å². The van der Waals surface area contributed by atoms with Crippen LogP contribution in [0, 0.1) is 13.8 Å². The first-order valence-electron chi connectivity index (χ1n) is 6.65. The summed E-state index contributed by atoms with van der Waals surface area (Å²) in [6, 6.07) is 0. The Morgan fingerprint density at radius 3 is 2.90 bits per heavy atom. The van der Waals surface area contributed by atoms with E-state index in [0.717, 1.165) is 28.1 Å². The molecule has 0 unspecified atom stereocenters. The monoisotopic (exact) mass is 294 g/mol. The minimum atomic E-state index is -0.397. The van der Waals surface area contributed by atoms with Crippen molar-refractivity contribution in [3.63, 3.8) is 0 Å². The number of esters is 1. The first kappa shape index (κ1) is 14.7. The van der Waals surface area contributed by atoms with Crippen LogP contribution in [-0.2, 0) is 16.1 Å². The number of fused-ring (bicyclic) bond motifs is 1. The van der Waals surface area contributed by atoms with Crippen molar-refractivity contribution in [1.82, 2.24) is 9.55 Å². The van der Waals surface area contributed by atoms with E-state index >= 15 is 0 Å². The van der Waals surface area contributed by atoms with E-state index in [-0.39, 0.29) is 12.1 Å². The molecule has 2 rings (SSSR count). The zero-order valence-electron chi connectivity index (χ0n) is 11.9. The predicted molar refractivity (Wildman–Crippen MR) is 79.2 cm³/mol. The van der Waals surface area contributed by atoms with Crippen molar-refractivity contribution < 1.29 is 9.53 Å². The maximum absolute atomic E-state index is 12.3. The number of nitrogens with zero attached hydrogens (tertiary/aromatic N) is 2. The summed E-state index contributed by atoms with van der Waals surface area (Å²) in [6.07, 6.45) is 3.22. The van der Waals surface area contributed by atoms with Crippen molar-refractivity contribution >= 4 is 27.5 Å². The Labute approximate surface area is 121 Å². The molecule has 0 spiro atoms. The molecule has 108 valence electrons. The average molecular weight is 294 g/mol. The summed E-state index contributed by atoms with van der Waals surface area (Å²) in [5.41, 5.74) is 0.764. The fourth-order valence-corrected chi connectivity index (χ4v) is 2.89. The SMILES string of the molecule is CCCCOC(=O)Cn1cnc2sc(C)c(C)c2c1=O. The van der Waals surface area contributed by atoms with Crippen molar-refractivity contribution in [3.8, 4) is 0 Å². The molecular weight excluding hydrogens is 276 g/mol. The average Bonchev–Trinajstić information content (AvgIpc) is 2.70. The molecule has 0 aliphatic carbocycles. The number of thiophene rings is 1. The first-order chi connectivity index (χ1) is 9.54. The number of aryl methyl sites for hydroxylation is 2. The lowest BCUT2D eigenvalue weighted by atomic mass is 10.2. The fraction of sp³-hybridized carbons (Fsp3) is 0.500. The van der Waals surface area contributed by atoms with Gasteiger partial charge in [-0.05, 0) is 25.8 Å². The lowest BCUT2D eigenvalue weighted by Crippen LogP contribution is -2.25. The zero-order valence-corrected chi connectivity index (χ0v) is 12.7. The van der Waals surface area contributed by atoms with E-state index in [0.29, 0.717) is 12.0 Å². The molecule has 6 heteroatoms. The van der Waals surface area contributed by atoms with Crippen LogP contribution >= 0.6 is 11.3 Å². The van der Waals surface area contributed by atoms with Crippen LogP contribution in [0.3, 0.4) is 0 Å². The molecule has 0 bridgehead atoms. The van der Waals surface area contributed by atoms with Gasteiger partial charge in [0.05, 0.1) is 18.3 Å². The molecule has 0 radical (unpaired) electrons. The molecule has 2 heterocycles. The maximum atomic E-state index is 12.3. The summed E-state index contributed by atoms with van der Waals surface area (Å²) in [5, 5.41) is 0.608. The van der Waals surface area contributed by atoms with Crippen molar-refractivity contribution in [2.75, 3.05) is 6.61 Å². The van der Waals surface area contributed by atoms with E-state index < -0.39 is 5.97 Å². The van der Waals surface area contributed by atoms with Crippen molar-refractivity contribution in [2.45, 2.75) is 40.2 Å². The number of ether oxygens (including phenoxy) is 1. The van der Waals surface area contributed by atoms with Gasteiger partial charge in [0.2, 0.25) is 0 Å². The highest BCUT2D eigenvalue weighted by molar-refractivity contribution is 7.18. The smallest absolute Gasteiger partial charge is 0.326 e. The second-order valence-corrected chi connectivity index (χ2v) is 5.92. The van der Waals surface area contributed by atoms with Gasteiger partial charge in [-0.3, -0.25) is 14.2 Å². The van der Waals surface area contributed by atoms with Gasteiger partial charge in [0.1, 0.15) is 11.4 Å². The third kappa shape index (κ3) is 2.90. The second kappa shape index (κ2) is 6.17. The highest BCUT2D eigenvalue weighted by atomic mass is 32.1. The van der Waals surface area contributed by atoms with Crippen LogP contribution in [0.15, 0.2) is 11.1 Å². The van der Waals surface area contributed by atoms with E-state index in [2.05, 4.69) is 4.98 Å². The Kier molecular flexibility index (Phi) is 4.54. The van der Waals surface area contributed by atoms with Gasteiger partial charge in [-0.15, -0.1) is 11.3 Å². The molecule has 0 saturated heterocycles. The third-order valence-electron chi connectivity index (χ3n) is 3.22. The van der Waals surface area contributed by atoms with E-state index in [4.69, 9.17) is 4.74 Å². The minimum absolute atomic E-state index is 0.0835. The van der Waals surface area contributed by atoms with Crippen LogP contribution in [0.1, 0.15) is 30.2 Å². The molecule has 0 atom stereocenters. The molecule has 0 aliphatic heterocycles. The normalized spacial score (nSPS) is 10.9. The minimum Gasteiger partial charge on any atom is -0.464 e. The van der Waals surface area contributed by atoms with E-state index in [1.165, 1.54) is 22.2 Å². The first-order valence-corrected chi connectivity index (χ1v) is 7.47. The van der Waals surface area contributed by atoms with Crippen LogP contribution in [0.2, 0.25) is 0 Å². The lowest BCUT2D eigenvalue weighted by molar-refractivity contribution is -0.144. The highest BCUT2D eigenvalue weighted by Gasteiger charge is 2.13. The highest BCUT2D eigenvalue weighted by Crippen LogP contribution is 2.25. The Hall–Kier alpha value is -1.69. The van der Waals surface area contributed by atoms with E-state index in [1.54, 1.807) is 0 Å².